The number of halogens is 3. The molecule has 0 aromatic carbocycles. The van der Waals surface area contributed by atoms with Crippen LogP contribution in [0.15, 0.2) is 12.3 Å². The van der Waals surface area contributed by atoms with Crippen molar-refractivity contribution in [1.82, 2.24) is 4.98 Å². The van der Waals surface area contributed by atoms with Gasteiger partial charge in [-0.3, -0.25) is 4.98 Å². The molecule has 0 spiro atoms. The second-order valence-electron chi connectivity index (χ2n) is 3.24. The minimum absolute atomic E-state index is 0.613. The fraction of sp³-hybridized carbons (Fsp3) is 0.500. The van der Waals surface area contributed by atoms with E-state index in [9.17, 15) is 13.2 Å². The van der Waals surface area contributed by atoms with Crippen molar-refractivity contribution in [3.8, 4) is 0 Å². The van der Waals surface area contributed by atoms with Gasteiger partial charge in [0.1, 0.15) is 0 Å². The van der Waals surface area contributed by atoms with Crippen LogP contribution in [0.4, 0.5) is 13.2 Å². The minimum Gasteiger partial charge on any atom is -0.260 e. The molecule has 0 amide bonds. The molecule has 14 heavy (non-hydrogen) atoms. The van der Waals surface area contributed by atoms with Crippen molar-refractivity contribution in [1.29, 1.82) is 0 Å². The van der Waals surface area contributed by atoms with E-state index >= 15 is 0 Å². The Balaban J connectivity index is 3.01. The molecule has 1 nitrogen and oxygen atoms in total. The average Bonchev–Trinajstić information content (AvgIpc) is 2.07. The minimum atomic E-state index is -4.29. The van der Waals surface area contributed by atoms with E-state index < -0.39 is 11.7 Å². The van der Waals surface area contributed by atoms with E-state index in [1.807, 2.05) is 6.92 Å². The maximum atomic E-state index is 12.2. The normalized spacial score (nSPS) is 11.8. The molecule has 1 rings (SSSR count). The molecule has 1 aromatic heterocycles. The fourth-order valence-corrected chi connectivity index (χ4v) is 1.26. The molecule has 0 aliphatic heterocycles. The van der Waals surface area contributed by atoms with Crippen molar-refractivity contribution < 1.29 is 13.2 Å². The number of alkyl halides is 3. The predicted octanol–water partition coefficient (Wildman–Crippen LogP) is 3.36. The highest BCUT2D eigenvalue weighted by molar-refractivity contribution is 5.25. The van der Waals surface area contributed by atoms with Crippen molar-refractivity contribution >= 4 is 0 Å². The number of pyridine rings is 1. The van der Waals surface area contributed by atoms with Gasteiger partial charge in [0.05, 0.1) is 5.56 Å². The number of hydrogen-bond donors (Lipinski definition) is 0. The van der Waals surface area contributed by atoms with Crippen LogP contribution < -0.4 is 0 Å². The summed E-state index contributed by atoms with van der Waals surface area (Å²) in [5.41, 5.74) is 0.692. The lowest BCUT2D eigenvalue weighted by molar-refractivity contribution is -0.137. The number of nitrogens with zero attached hydrogens (tertiary/aromatic N) is 1. The van der Waals surface area contributed by atoms with Gasteiger partial charge in [0.25, 0.3) is 0 Å². The molecule has 0 saturated heterocycles. The molecule has 0 radical (unpaired) electrons. The van der Waals surface area contributed by atoms with E-state index in [1.54, 1.807) is 6.92 Å². The van der Waals surface area contributed by atoms with Gasteiger partial charge in [-0.2, -0.15) is 13.2 Å². The van der Waals surface area contributed by atoms with Crippen LogP contribution in [-0.2, 0) is 12.6 Å². The van der Waals surface area contributed by atoms with Crippen LogP contribution in [0.25, 0.3) is 0 Å². The van der Waals surface area contributed by atoms with Gasteiger partial charge in [-0.05, 0) is 25.0 Å². The third kappa shape index (κ3) is 2.47. The third-order valence-corrected chi connectivity index (χ3v) is 2.00. The second-order valence-corrected chi connectivity index (χ2v) is 3.24. The number of hydrogen-bond acceptors (Lipinski definition) is 1. The van der Waals surface area contributed by atoms with Crippen LogP contribution >= 0.6 is 0 Å². The first kappa shape index (κ1) is 11.0. The Morgan fingerprint density at radius 3 is 2.43 bits per heavy atom. The summed E-state index contributed by atoms with van der Waals surface area (Å²) in [6.07, 6.45) is -1.77. The molecule has 0 fully saturated rings. The molecule has 0 N–H and O–H groups in total. The van der Waals surface area contributed by atoms with Gasteiger partial charge in [0, 0.05) is 11.9 Å². The van der Waals surface area contributed by atoms with Crippen LogP contribution in [0.1, 0.15) is 30.2 Å². The summed E-state index contributed by atoms with van der Waals surface area (Å²) in [5.74, 6) is 0. The molecule has 0 saturated carbocycles. The van der Waals surface area contributed by atoms with Crippen LogP contribution in [0.3, 0.4) is 0 Å². The number of rotatable bonds is 2. The fourth-order valence-electron chi connectivity index (χ4n) is 1.26. The van der Waals surface area contributed by atoms with Crippen molar-refractivity contribution in [3.05, 3.63) is 29.1 Å². The SMILES string of the molecule is CCCc1ncc(C(F)(F)F)cc1C. The maximum Gasteiger partial charge on any atom is 0.417 e. The summed E-state index contributed by atoms with van der Waals surface area (Å²) in [5, 5.41) is 0. The van der Waals surface area contributed by atoms with E-state index in [0.717, 1.165) is 30.8 Å². The average molecular weight is 203 g/mol. The number of aromatic nitrogens is 1. The van der Waals surface area contributed by atoms with Crippen LogP contribution in [-0.4, -0.2) is 4.98 Å². The zero-order valence-corrected chi connectivity index (χ0v) is 8.15. The molecule has 0 bridgehead atoms. The highest BCUT2D eigenvalue weighted by Gasteiger charge is 2.31. The summed E-state index contributed by atoms with van der Waals surface area (Å²) >= 11 is 0. The van der Waals surface area contributed by atoms with E-state index in [0.29, 0.717) is 5.56 Å². The Morgan fingerprint density at radius 2 is 2.00 bits per heavy atom. The second kappa shape index (κ2) is 3.98. The summed E-state index contributed by atoms with van der Waals surface area (Å²) < 4.78 is 36.7. The molecule has 0 aliphatic rings. The van der Waals surface area contributed by atoms with E-state index in [1.165, 1.54) is 0 Å². The lowest BCUT2D eigenvalue weighted by Gasteiger charge is -2.09. The first-order valence-electron chi connectivity index (χ1n) is 4.48. The Morgan fingerprint density at radius 1 is 1.36 bits per heavy atom. The summed E-state index contributed by atoms with van der Waals surface area (Å²) in [6.45, 7) is 3.63. The van der Waals surface area contributed by atoms with Gasteiger partial charge in [-0.25, -0.2) is 0 Å². The third-order valence-electron chi connectivity index (χ3n) is 2.00. The zero-order valence-electron chi connectivity index (χ0n) is 8.15. The van der Waals surface area contributed by atoms with Crippen LogP contribution in [0.5, 0.6) is 0 Å². The van der Waals surface area contributed by atoms with Gasteiger partial charge >= 0.3 is 6.18 Å². The Bertz CT molecular complexity index is 318. The standard InChI is InChI=1S/C10H12F3N/c1-3-4-9-7(2)5-8(6-14-9)10(11,12)13/h5-6H,3-4H2,1-2H3. The highest BCUT2D eigenvalue weighted by Crippen LogP contribution is 2.29. The van der Waals surface area contributed by atoms with Crippen molar-refractivity contribution in [3.63, 3.8) is 0 Å². The van der Waals surface area contributed by atoms with Crippen LogP contribution in [0.2, 0.25) is 0 Å². The Kier molecular flexibility index (Phi) is 3.13. The van der Waals surface area contributed by atoms with Gasteiger partial charge in [-0.15, -0.1) is 0 Å². The molecular weight excluding hydrogens is 191 g/mol. The summed E-state index contributed by atoms with van der Waals surface area (Å²) in [7, 11) is 0. The monoisotopic (exact) mass is 203 g/mol. The molecule has 0 atom stereocenters. The largest absolute Gasteiger partial charge is 0.417 e. The van der Waals surface area contributed by atoms with Gasteiger partial charge in [0.15, 0.2) is 0 Å². The first-order chi connectivity index (χ1) is 6.45. The van der Waals surface area contributed by atoms with E-state index in [2.05, 4.69) is 4.98 Å². The highest BCUT2D eigenvalue weighted by atomic mass is 19.4. The lowest BCUT2D eigenvalue weighted by Crippen LogP contribution is -2.07. The van der Waals surface area contributed by atoms with E-state index in [-0.39, 0.29) is 0 Å². The van der Waals surface area contributed by atoms with Crippen LogP contribution in [0, 0.1) is 6.92 Å². The smallest absolute Gasteiger partial charge is 0.260 e. The van der Waals surface area contributed by atoms with Gasteiger partial charge < -0.3 is 0 Å². The molecular formula is C10H12F3N. The molecule has 0 unspecified atom stereocenters. The topological polar surface area (TPSA) is 12.9 Å². The van der Waals surface area contributed by atoms with E-state index in [4.69, 9.17) is 0 Å². The van der Waals surface area contributed by atoms with Crippen molar-refractivity contribution in [2.45, 2.75) is 32.9 Å². The Labute approximate surface area is 81.0 Å². The van der Waals surface area contributed by atoms with Gasteiger partial charge in [0.2, 0.25) is 0 Å². The molecule has 78 valence electrons. The quantitative estimate of drug-likeness (QED) is 0.718. The maximum absolute atomic E-state index is 12.2. The molecule has 4 heteroatoms. The zero-order chi connectivity index (χ0) is 10.8. The van der Waals surface area contributed by atoms with Gasteiger partial charge in [-0.1, -0.05) is 13.3 Å². The predicted molar refractivity (Wildman–Crippen MR) is 48.0 cm³/mol. The lowest BCUT2D eigenvalue weighted by atomic mass is 10.1. The molecule has 1 aromatic rings. The first-order valence-corrected chi connectivity index (χ1v) is 4.48. The van der Waals surface area contributed by atoms with Crippen molar-refractivity contribution in [2.24, 2.45) is 0 Å². The summed E-state index contributed by atoms with van der Waals surface area (Å²) in [6, 6.07) is 1.15. The van der Waals surface area contributed by atoms with Crippen molar-refractivity contribution in [2.75, 3.05) is 0 Å². The molecule has 1 heterocycles. The molecule has 0 aliphatic carbocycles. The summed E-state index contributed by atoms with van der Waals surface area (Å²) in [4.78, 5) is 3.81. The Hall–Kier alpha value is -1.06. The number of aryl methyl sites for hydroxylation is 2.